The third kappa shape index (κ3) is 3.02. The van der Waals surface area contributed by atoms with Gasteiger partial charge in [0, 0.05) is 32.1 Å². The van der Waals surface area contributed by atoms with Gasteiger partial charge >= 0.3 is 0 Å². The minimum atomic E-state index is -0.0258. The van der Waals surface area contributed by atoms with Crippen LogP contribution >= 0.6 is 0 Å². The summed E-state index contributed by atoms with van der Waals surface area (Å²) in [6.45, 7) is 5.92. The van der Waals surface area contributed by atoms with Crippen LogP contribution in [0.1, 0.15) is 12.6 Å². The number of nitrogens with zero attached hydrogens (tertiary/aromatic N) is 3. The van der Waals surface area contributed by atoms with Gasteiger partial charge in [-0.15, -0.1) is 0 Å². The molecule has 0 saturated carbocycles. The van der Waals surface area contributed by atoms with E-state index < -0.39 is 0 Å². The van der Waals surface area contributed by atoms with E-state index in [1.54, 1.807) is 34.7 Å². The number of aryl methyl sites for hydroxylation is 1. The van der Waals surface area contributed by atoms with Crippen LogP contribution in [0.4, 0.5) is 0 Å². The lowest BCUT2D eigenvalue weighted by Gasteiger charge is -2.18. The molecule has 104 valence electrons. The van der Waals surface area contributed by atoms with Crippen molar-refractivity contribution in [3.8, 4) is 0 Å². The van der Waals surface area contributed by atoms with Gasteiger partial charge in [0.2, 0.25) is 0 Å². The Labute approximate surface area is 112 Å². The van der Waals surface area contributed by atoms with Crippen molar-refractivity contribution in [3.63, 3.8) is 0 Å². The summed E-state index contributed by atoms with van der Waals surface area (Å²) >= 11 is 0. The number of hydrogen-bond donors (Lipinski definition) is 1. The number of hydrogen-bond acceptors (Lipinski definition) is 4. The molecule has 6 nitrogen and oxygen atoms in total. The average molecular weight is 264 g/mol. The Hall–Kier alpha value is -1.66. The van der Waals surface area contributed by atoms with E-state index in [1.165, 1.54) is 0 Å². The summed E-state index contributed by atoms with van der Waals surface area (Å²) in [4.78, 5) is 12.3. The van der Waals surface area contributed by atoms with E-state index in [0.29, 0.717) is 18.7 Å². The number of nitrogens with one attached hydrogen (secondary N) is 1. The van der Waals surface area contributed by atoms with Crippen molar-refractivity contribution in [3.05, 3.63) is 34.5 Å². The Bertz CT molecular complexity index is 596. The molecule has 1 unspecified atom stereocenters. The summed E-state index contributed by atoms with van der Waals surface area (Å²) in [6.07, 6.45) is 3.57. The Balaban J connectivity index is 2.29. The fourth-order valence-corrected chi connectivity index (χ4v) is 2.20. The van der Waals surface area contributed by atoms with Gasteiger partial charge in [-0.25, -0.2) is 4.52 Å². The van der Waals surface area contributed by atoms with Crippen LogP contribution in [0.5, 0.6) is 0 Å². The Kier molecular flexibility index (Phi) is 4.34. The van der Waals surface area contributed by atoms with Crippen LogP contribution in [0.2, 0.25) is 0 Å². The van der Waals surface area contributed by atoms with E-state index in [-0.39, 0.29) is 11.6 Å². The zero-order valence-electron chi connectivity index (χ0n) is 11.6. The van der Waals surface area contributed by atoms with Crippen LogP contribution in [0.15, 0.2) is 23.3 Å². The van der Waals surface area contributed by atoms with Crippen molar-refractivity contribution in [2.75, 3.05) is 20.3 Å². The van der Waals surface area contributed by atoms with Crippen LogP contribution in [0, 0.1) is 6.92 Å². The van der Waals surface area contributed by atoms with Gasteiger partial charge in [0.15, 0.2) is 0 Å². The van der Waals surface area contributed by atoms with Crippen LogP contribution in [-0.4, -0.2) is 40.5 Å². The molecular weight excluding hydrogens is 244 g/mol. The molecule has 0 radical (unpaired) electrons. The second-order valence-corrected chi connectivity index (χ2v) is 4.58. The van der Waals surface area contributed by atoms with Gasteiger partial charge in [-0.05, 0) is 19.5 Å². The molecule has 0 bridgehead atoms. The second-order valence-electron chi connectivity index (χ2n) is 4.58. The number of aromatic nitrogens is 3. The molecule has 19 heavy (non-hydrogen) atoms. The lowest BCUT2D eigenvalue weighted by Crippen LogP contribution is -2.39. The first-order valence-electron chi connectivity index (χ1n) is 6.43. The zero-order chi connectivity index (χ0) is 13.8. The SMILES string of the molecule is CCNC(COC)Cn1ccn2nc(C)cc2c1=O. The van der Waals surface area contributed by atoms with Crippen molar-refractivity contribution in [1.29, 1.82) is 0 Å². The third-order valence-electron chi connectivity index (χ3n) is 3.00. The van der Waals surface area contributed by atoms with Crippen LogP contribution in [0.25, 0.3) is 5.52 Å². The zero-order valence-corrected chi connectivity index (χ0v) is 11.6. The van der Waals surface area contributed by atoms with E-state index in [9.17, 15) is 4.79 Å². The number of rotatable bonds is 6. The molecule has 1 atom stereocenters. The molecule has 0 aliphatic carbocycles. The molecule has 0 amide bonds. The highest BCUT2D eigenvalue weighted by Crippen LogP contribution is 2.00. The molecule has 2 aromatic rings. The Morgan fingerprint density at radius 1 is 1.47 bits per heavy atom. The molecule has 6 heteroatoms. The molecule has 1 N–H and O–H groups in total. The van der Waals surface area contributed by atoms with Gasteiger partial charge in [-0.1, -0.05) is 6.92 Å². The van der Waals surface area contributed by atoms with Crippen molar-refractivity contribution >= 4 is 5.52 Å². The quantitative estimate of drug-likeness (QED) is 0.822. The van der Waals surface area contributed by atoms with E-state index in [1.807, 2.05) is 13.8 Å². The molecule has 0 saturated heterocycles. The fourth-order valence-electron chi connectivity index (χ4n) is 2.20. The van der Waals surface area contributed by atoms with Crippen LogP contribution < -0.4 is 10.9 Å². The fraction of sp³-hybridized carbons (Fsp3) is 0.538. The van der Waals surface area contributed by atoms with E-state index in [2.05, 4.69) is 10.4 Å². The maximum Gasteiger partial charge on any atom is 0.276 e. The first-order chi connectivity index (χ1) is 9.15. The topological polar surface area (TPSA) is 60.6 Å². The average Bonchev–Trinajstić information content (AvgIpc) is 2.75. The summed E-state index contributed by atoms with van der Waals surface area (Å²) in [5.74, 6) is 0. The monoisotopic (exact) mass is 264 g/mol. The summed E-state index contributed by atoms with van der Waals surface area (Å²) < 4.78 is 8.48. The minimum Gasteiger partial charge on any atom is -0.383 e. The number of ether oxygens (including phenoxy) is 1. The normalized spacial score (nSPS) is 13.0. The highest BCUT2D eigenvalue weighted by atomic mass is 16.5. The first kappa shape index (κ1) is 13.8. The van der Waals surface area contributed by atoms with Crippen molar-refractivity contribution < 1.29 is 4.74 Å². The Morgan fingerprint density at radius 3 is 2.95 bits per heavy atom. The largest absolute Gasteiger partial charge is 0.383 e. The molecular formula is C13H20N4O2. The van der Waals surface area contributed by atoms with Crippen molar-refractivity contribution in [2.45, 2.75) is 26.4 Å². The highest BCUT2D eigenvalue weighted by Gasteiger charge is 2.11. The van der Waals surface area contributed by atoms with Crippen molar-refractivity contribution in [2.24, 2.45) is 0 Å². The first-order valence-corrected chi connectivity index (χ1v) is 6.43. The molecule has 2 heterocycles. The standard InChI is InChI=1S/C13H20N4O2/c1-4-14-11(9-19-3)8-16-5-6-17-12(13(16)18)7-10(2)15-17/h5-7,11,14H,4,8-9H2,1-3H3. The number of likely N-dealkylation sites (N-methyl/N-ethyl adjacent to an activating group) is 1. The summed E-state index contributed by atoms with van der Waals surface area (Å²) in [7, 11) is 1.66. The number of methoxy groups -OCH3 is 1. The molecule has 0 aliphatic heterocycles. The van der Waals surface area contributed by atoms with E-state index in [0.717, 1.165) is 12.2 Å². The summed E-state index contributed by atoms with van der Waals surface area (Å²) in [5, 5.41) is 7.54. The molecule has 0 aromatic carbocycles. The smallest absolute Gasteiger partial charge is 0.276 e. The van der Waals surface area contributed by atoms with E-state index >= 15 is 0 Å². The summed E-state index contributed by atoms with van der Waals surface area (Å²) in [6, 6.07) is 1.93. The Morgan fingerprint density at radius 2 is 2.26 bits per heavy atom. The second kappa shape index (κ2) is 5.99. The van der Waals surface area contributed by atoms with Gasteiger partial charge in [-0.2, -0.15) is 5.10 Å². The molecule has 2 aromatic heterocycles. The van der Waals surface area contributed by atoms with Crippen molar-refractivity contribution in [1.82, 2.24) is 19.5 Å². The molecule has 0 fully saturated rings. The van der Waals surface area contributed by atoms with Gasteiger partial charge in [0.05, 0.1) is 12.3 Å². The predicted molar refractivity (Wildman–Crippen MR) is 73.5 cm³/mol. The van der Waals surface area contributed by atoms with Gasteiger partial charge in [0.25, 0.3) is 5.56 Å². The predicted octanol–water partition coefficient (Wildman–Crippen LogP) is 0.429. The highest BCUT2D eigenvalue weighted by molar-refractivity contribution is 5.44. The molecule has 2 rings (SSSR count). The lowest BCUT2D eigenvalue weighted by atomic mass is 10.3. The summed E-state index contributed by atoms with van der Waals surface area (Å²) in [5.41, 5.74) is 1.42. The molecule has 0 spiro atoms. The third-order valence-corrected chi connectivity index (χ3v) is 3.00. The van der Waals surface area contributed by atoms with E-state index in [4.69, 9.17) is 4.74 Å². The van der Waals surface area contributed by atoms with Gasteiger partial charge < -0.3 is 14.6 Å². The molecule has 0 aliphatic rings. The van der Waals surface area contributed by atoms with Crippen LogP contribution in [0.3, 0.4) is 0 Å². The maximum atomic E-state index is 12.3. The van der Waals surface area contributed by atoms with Crippen LogP contribution in [-0.2, 0) is 11.3 Å². The maximum absolute atomic E-state index is 12.3. The number of fused-ring (bicyclic) bond motifs is 1. The van der Waals surface area contributed by atoms with Gasteiger partial charge in [0.1, 0.15) is 5.52 Å². The minimum absolute atomic E-state index is 0.0258. The van der Waals surface area contributed by atoms with Gasteiger partial charge in [-0.3, -0.25) is 4.79 Å². The lowest BCUT2D eigenvalue weighted by molar-refractivity contribution is 0.159.